The summed E-state index contributed by atoms with van der Waals surface area (Å²) in [4.78, 5) is 4.63. The molecule has 0 saturated heterocycles. The van der Waals surface area contributed by atoms with Crippen LogP contribution in [0.4, 0.5) is 0 Å². The van der Waals surface area contributed by atoms with E-state index in [2.05, 4.69) is 4.98 Å². The number of aromatic nitrogens is 2. The molecule has 0 spiro atoms. The first-order valence-electron chi connectivity index (χ1n) is 6.13. The highest BCUT2D eigenvalue weighted by atomic mass is 16.5. The Hall–Kier alpha value is -2.33. The molecule has 2 aromatic heterocycles. The first-order valence-corrected chi connectivity index (χ1v) is 6.13. The van der Waals surface area contributed by atoms with Gasteiger partial charge in [-0.15, -0.1) is 0 Å². The van der Waals surface area contributed by atoms with E-state index >= 15 is 0 Å². The third kappa shape index (κ3) is 2.06. The van der Waals surface area contributed by atoms with Crippen LogP contribution in [0, 0.1) is 0 Å². The molecule has 1 aromatic carbocycles. The quantitative estimate of drug-likeness (QED) is 0.780. The minimum atomic E-state index is 0.521. The third-order valence-electron chi connectivity index (χ3n) is 3.14. The van der Waals surface area contributed by atoms with Crippen LogP contribution in [-0.4, -0.2) is 16.5 Å². The van der Waals surface area contributed by atoms with E-state index < -0.39 is 0 Å². The number of pyridine rings is 1. The van der Waals surface area contributed by atoms with Gasteiger partial charge in [-0.05, 0) is 29.8 Å². The maximum Gasteiger partial charge on any atom is 0.137 e. The molecule has 0 unspecified atom stereocenters. The third-order valence-corrected chi connectivity index (χ3v) is 3.14. The van der Waals surface area contributed by atoms with Gasteiger partial charge in [0.2, 0.25) is 0 Å². The Kier molecular flexibility index (Phi) is 2.93. The molecule has 3 aromatic rings. The zero-order valence-electron chi connectivity index (χ0n) is 10.7. The Morgan fingerprint density at radius 3 is 2.89 bits per heavy atom. The molecule has 4 nitrogen and oxygen atoms in total. The fraction of sp³-hybridized carbons (Fsp3) is 0.133. The average molecular weight is 253 g/mol. The minimum absolute atomic E-state index is 0.521. The van der Waals surface area contributed by atoms with Crippen molar-refractivity contribution < 1.29 is 4.74 Å². The van der Waals surface area contributed by atoms with Crippen LogP contribution in [0.3, 0.4) is 0 Å². The molecule has 0 radical (unpaired) electrons. The van der Waals surface area contributed by atoms with Crippen molar-refractivity contribution in [1.82, 2.24) is 9.38 Å². The van der Waals surface area contributed by atoms with Gasteiger partial charge in [0, 0.05) is 24.5 Å². The van der Waals surface area contributed by atoms with Crippen molar-refractivity contribution in [3.63, 3.8) is 0 Å². The van der Waals surface area contributed by atoms with Crippen LogP contribution >= 0.6 is 0 Å². The number of para-hydroxylation sites is 1. The molecule has 2 N–H and O–H groups in total. The molecule has 4 heteroatoms. The molecule has 0 aliphatic rings. The maximum atomic E-state index is 5.65. The molecule has 0 amide bonds. The molecule has 0 aliphatic carbocycles. The fourth-order valence-electron chi connectivity index (χ4n) is 2.14. The van der Waals surface area contributed by atoms with E-state index in [-0.39, 0.29) is 0 Å². The number of imidazole rings is 1. The number of hydrogen-bond acceptors (Lipinski definition) is 3. The van der Waals surface area contributed by atoms with Crippen LogP contribution in [0.2, 0.25) is 0 Å². The summed E-state index contributed by atoms with van der Waals surface area (Å²) in [6.45, 7) is 0.521. The first-order chi connectivity index (χ1) is 9.31. The van der Waals surface area contributed by atoms with Crippen LogP contribution < -0.4 is 10.5 Å². The van der Waals surface area contributed by atoms with Crippen LogP contribution in [0.25, 0.3) is 16.9 Å². The Labute approximate surface area is 111 Å². The van der Waals surface area contributed by atoms with Gasteiger partial charge in [-0.1, -0.05) is 12.1 Å². The molecular weight excluding hydrogens is 238 g/mol. The van der Waals surface area contributed by atoms with E-state index in [0.29, 0.717) is 6.54 Å². The molecule has 3 rings (SSSR count). The van der Waals surface area contributed by atoms with E-state index in [0.717, 1.165) is 28.2 Å². The molecule has 0 bridgehead atoms. The number of methoxy groups -OCH3 is 1. The lowest BCUT2D eigenvalue weighted by Crippen LogP contribution is -1.96. The van der Waals surface area contributed by atoms with Crippen LogP contribution in [0.1, 0.15) is 5.56 Å². The van der Waals surface area contributed by atoms with E-state index in [1.54, 1.807) is 7.11 Å². The van der Waals surface area contributed by atoms with Crippen LogP contribution in [0.15, 0.2) is 48.8 Å². The number of ether oxygens (including phenoxy) is 1. The van der Waals surface area contributed by atoms with Crippen molar-refractivity contribution in [3.8, 4) is 17.0 Å². The zero-order valence-corrected chi connectivity index (χ0v) is 10.7. The van der Waals surface area contributed by atoms with E-state index in [9.17, 15) is 0 Å². The molecule has 96 valence electrons. The Balaban J connectivity index is 2.15. The summed E-state index contributed by atoms with van der Waals surface area (Å²) in [7, 11) is 1.67. The lowest BCUT2D eigenvalue weighted by molar-refractivity contribution is 0.416. The second-order valence-corrected chi connectivity index (χ2v) is 4.33. The van der Waals surface area contributed by atoms with E-state index in [4.69, 9.17) is 10.5 Å². The van der Waals surface area contributed by atoms with Gasteiger partial charge in [-0.25, -0.2) is 4.98 Å². The molecule has 0 aliphatic heterocycles. The second kappa shape index (κ2) is 4.74. The summed E-state index contributed by atoms with van der Waals surface area (Å²) in [6, 6.07) is 11.9. The van der Waals surface area contributed by atoms with Crippen LogP contribution in [0.5, 0.6) is 5.75 Å². The van der Waals surface area contributed by atoms with Crippen molar-refractivity contribution in [2.75, 3.05) is 7.11 Å². The standard InChI is InChI=1S/C15H15N3O/c1-19-14-5-3-2-4-12(14)13-10-18-7-6-11(9-16)8-15(18)17-13/h2-8,10H,9,16H2,1H3. The minimum Gasteiger partial charge on any atom is -0.496 e. The smallest absolute Gasteiger partial charge is 0.137 e. The maximum absolute atomic E-state index is 5.65. The fourth-order valence-corrected chi connectivity index (χ4v) is 2.14. The van der Waals surface area contributed by atoms with Crippen molar-refractivity contribution in [2.24, 2.45) is 5.73 Å². The summed E-state index contributed by atoms with van der Waals surface area (Å²) in [6.07, 6.45) is 3.97. The number of nitrogens with zero attached hydrogens (tertiary/aromatic N) is 2. The lowest BCUT2D eigenvalue weighted by atomic mass is 10.1. The zero-order chi connectivity index (χ0) is 13.2. The highest BCUT2D eigenvalue weighted by Crippen LogP contribution is 2.28. The Morgan fingerprint density at radius 2 is 2.11 bits per heavy atom. The van der Waals surface area contributed by atoms with E-state index in [1.807, 2.05) is 53.2 Å². The Bertz CT molecular complexity index is 718. The average Bonchev–Trinajstić information content (AvgIpc) is 2.89. The van der Waals surface area contributed by atoms with Gasteiger partial charge < -0.3 is 14.9 Å². The topological polar surface area (TPSA) is 52.5 Å². The van der Waals surface area contributed by atoms with Gasteiger partial charge in [0.05, 0.1) is 12.8 Å². The normalized spacial score (nSPS) is 10.8. The summed E-state index contributed by atoms with van der Waals surface area (Å²) in [5.41, 5.74) is 9.50. The predicted molar refractivity (Wildman–Crippen MR) is 75.1 cm³/mol. The van der Waals surface area contributed by atoms with Gasteiger partial charge in [0.25, 0.3) is 0 Å². The van der Waals surface area contributed by atoms with Crippen molar-refractivity contribution in [3.05, 3.63) is 54.4 Å². The first kappa shape index (κ1) is 11.7. The summed E-state index contributed by atoms with van der Waals surface area (Å²) < 4.78 is 7.36. The number of nitrogens with two attached hydrogens (primary N) is 1. The SMILES string of the molecule is COc1ccccc1-c1cn2ccc(CN)cc2n1. The predicted octanol–water partition coefficient (Wildman–Crippen LogP) is 2.47. The number of hydrogen-bond donors (Lipinski definition) is 1. The summed E-state index contributed by atoms with van der Waals surface area (Å²) in [5, 5.41) is 0. The van der Waals surface area contributed by atoms with Gasteiger partial charge in [0.15, 0.2) is 0 Å². The summed E-state index contributed by atoms with van der Waals surface area (Å²) >= 11 is 0. The molecular formula is C15H15N3O. The molecule has 0 fully saturated rings. The molecule has 0 atom stereocenters. The van der Waals surface area contributed by atoms with Crippen molar-refractivity contribution >= 4 is 5.65 Å². The van der Waals surface area contributed by atoms with E-state index in [1.165, 1.54) is 0 Å². The number of rotatable bonds is 3. The van der Waals surface area contributed by atoms with Gasteiger partial charge >= 0.3 is 0 Å². The van der Waals surface area contributed by atoms with Gasteiger partial charge in [-0.2, -0.15) is 0 Å². The molecule has 19 heavy (non-hydrogen) atoms. The monoisotopic (exact) mass is 253 g/mol. The second-order valence-electron chi connectivity index (χ2n) is 4.33. The highest BCUT2D eigenvalue weighted by Gasteiger charge is 2.09. The van der Waals surface area contributed by atoms with Crippen LogP contribution in [-0.2, 0) is 6.54 Å². The largest absolute Gasteiger partial charge is 0.496 e. The lowest BCUT2D eigenvalue weighted by Gasteiger charge is -2.04. The van der Waals surface area contributed by atoms with Gasteiger partial charge in [0.1, 0.15) is 11.4 Å². The van der Waals surface area contributed by atoms with Crippen molar-refractivity contribution in [2.45, 2.75) is 6.54 Å². The van der Waals surface area contributed by atoms with Gasteiger partial charge in [-0.3, -0.25) is 0 Å². The van der Waals surface area contributed by atoms with Crippen molar-refractivity contribution in [1.29, 1.82) is 0 Å². The highest BCUT2D eigenvalue weighted by molar-refractivity contribution is 5.69. The summed E-state index contributed by atoms with van der Waals surface area (Å²) in [5.74, 6) is 0.824. The molecule has 2 heterocycles. The number of benzene rings is 1. The molecule has 0 saturated carbocycles. The Morgan fingerprint density at radius 1 is 1.26 bits per heavy atom. The number of fused-ring (bicyclic) bond motifs is 1.